The smallest absolute Gasteiger partial charge is 0.120 e. The Hall–Kier alpha value is 0.110. The van der Waals surface area contributed by atoms with E-state index in [1.807, 2.05) is 0 Å². The van der Waals surface area contributed by atoms with Crippen molar-refractivity contribution >= 4 is 31.9 Å². The van der Waals surface area contributed by atoms with Gasteiger partial charge in [0.25, 0.3) is 0 Å². The largest absolute Gasteiger partial charge is 0.244 e. The van der Waals surface area contributed by atoms with Crippen LogP contribution in [0, 0.1) is 0 Å². The lowest BCUT2D eigenvalue weighted by atomic mass is 9.65. The number of pyridine rings is 1. The Bertz CT molecular complexity index is 397. The molecule has 1 aromatic rings. The van der Waals surface area contributed by atoms with E-state index in [0.29, 0.717) is 5.41 Å². The lowest BCUT2D eigenvalue weighted by Crippen LogP contribution is -2.31. The van der Waals surface area contributed by atoms with E-state index >= 15 is 0 Å². The molecule has 0 radical (unpaired) electrons. The second kappa shape index (κ2) is 3.05. The Balaban J connectivity index is 2.15. The Morgan fingerprint density at radius 3 is 2.64 bits per heavy atom. The predicted molar refractivity (Wildman–Crippen MR) is 63.5 cm³/mol. The topological polar surface area (TPSA) is 12.9 Å². The molecule has 2 aliphatic rings. The molecule has 1 aromatic heterocycles. The molecule has 0 amide bonds. The van der Waals surface area contributed by atoms with Crippen LogP contribution in [0.15, 0.2) is 15.1 Å². The van der Waals surface area contributed by atoms with Crippen molar-refractivity contribution in [2.24, 2.45) is 0 Å². The van der Waals surface area contributed by atoms with E-state index in [1.165, 1.54) is 43.4 Å². The number of halogens is 2. The zero-order chi connectivity index (χ0) is 9.76. The van der Waals surface area contributed by atoms with E-state index in [2.05, 4.69) is 42.9 Å². The third kappa shape index (κ3) is 1.15. The molecule has 0 unspecified atom stereocenters. The third-order valence-corrected chi connectivity index (χ3v) is 5.48. The summed E-state index contributed by atoms with van der Waals surface area (Å²) >= 11 is 7.01. The van der Waals surface area contributed by atoms with Crippen molar-refractivity contribution in [1.29, 1.82) is 0 Å². The molecule has 2 aliphatic carbocycles. The fourth-order valence-corrected chi connectivity index (χ4v) is 3.41. The molecule has 0 bridgehead atoms. The van der Waals surface area contributed by atoms with Crippen molar-refractivity contribution in [2.75, 3.05) is 0 Å². The summed E-state index contributed by atoms with van der Waals surface area (Å²) < 4.78 is 2.05. The van der Waals surface area contributed by atoms with Crippen molar-refractivity contribution in [1.82, 2.24) is 4.98 Å². The second-order valence-corrected chi connectivity index (χ2v) is 5.99. The van der Waals surface area contributed by atoms with Gasteiger partial charge in [-0.25, -0.2) is 4.98 Å². The first-order valence-electron chi connectivity index (χ1n) is 5.07. The normalized spacial score (nSPS) is 22.1. The van der Waals surface area contributed by atoms with Crippen LogP contribution in [-0.4, -0.2) is 4.98 Å². The molecule has 0 N–H and O–H groups in total. The summed E-state index contributed by atoms with van der Waals surface area (Å²) in [7, 11) is 0. The van der Waals surface area contributed by atoms with Crippen LogP contribution in [0.5, 0.6) is 0 Å². The summed E-state index contributed by atoms with van der Waals surface area (Å²) in [6, 6.07) is 2.28. The quantitative estimate of drug-likeness (QED) is 0.660. The molecule has 0 atom stereocenters. The van der Waals surface area contributed by atoms with Gasteiger partial charge in [0.05, 0.1) is 4.47 Å². The number of hydrogen-bond donors (Lipinski definition) is 0. The highest BCUT2D eigenvalue weighted by Crippen LogP contribution is 2.52. The first-order valence-corrected chi connectivity index (χ1v) is 6.65. The molecule has 3 heteroatoms. The number of fused-ring (bicyclic) bond motifs is 2. The number of hydrogen-bond acceptors (Lipinski definition) is 1. The van der Waals surface area contributed by atoms with E-state index in [-0.39, 0.29) is 0 Å². The summed E-state index contributed by atoms with van der Waals surface area (Å²) in [4.78, 5) is 4.60. The Labute approximate surface area is 101 Å². The molecule has 1 nitrogen and oxygen atoms in total. The molecule has 0 aromatic carbocycles. The number of aromatic nitrogens is 1. The van der Waals surface area contributed by atoms with Gasteiger partial charge in [-0.2, -0.15) is 0 Å². The van der Waals surface area contributed by atoms with Crippen LogP contribution in [0.4, 0.5) is 0 Å². The maximum absolute atomic E-state index is 4.60. The molecule has 0 aliphatic heterocycles. The van der Waals surface area contributed by atoms with Gasteiger partial charge in [-0.05, 0) is 74.6 Å². The minimum Gasteiger partial charge on any atom is -0.244 e. The lowest BCUT2D eigenvalue weighted by molar-refractivity contribution is 0.243. The summed E-state index contributed by atoms with van der Waals surface area (Å²) in [5.41, 5.74) is 3.35. The van der Waals surface area contributed by atoms with Gasteiger partial charge < -0.3 is 0 Å². The average Bonchev–Trinajstić information content (AvgIpc) is 2.44. The van der Waals surface area contributed by atoms with Gasteiger partial charge >= 0.3 is 0 Å². The van der Waals surface area contributed by atoms with Crippen LogP contribution in [0.1, 0.15) is 36.9 Å². The van der Waals surface area contributed by atoms with Crippen LogP contribution >= 0.6 is 31.9 Å². The fraction of sp³-hybridized carbons (Fsp3) is 0.545. The molecule has 14 heavy (non-hydrogen) atoms. The summed E-state index contributed by atoms with van der Waals surface area (Å²) in [6.07, 6.45) is 6.62. The molecule has 3 rings (SSSR count). The molecule has 0 saturated heterocycles. The zero-order valence-electron chi connectivity index (χ0n) is 7.82. The van der Waals surface area contributed by atoms with Gasteiger partial charge in [-0.15, -0.1) is 0 Å². The highest BCUT2D eigenvalue weighted by Gasteiger charge is 2.44. The molecule has 1 fully saturated rings. The molecule has 74 valence electrons. The average molecular weight is 317 g/mol. The van der Waals surface area contributed by atoms with E-state index in [0.717, 1.165) is 9.08 Å². The van der Waals surface area contributed by atoms with Crippen LogP contribution in [0.25, 0.3) is 0 Å². The molecular formula is C11H11Br2N. The first kappa shape index (κ1) is 9.34. The van der Waals surface area contributed by atoms with Gasteiger partial charge in [0.15, 0.2) is 0 Å². The lowest BCUT2D eigenvalue weighted by Gasteiger charge is -2.39. The molecule has 1 spiro atoms. The van der Waals surface area contributed by atoms with Gasteiger partial charge in [-0.3, -0.25) is 0 Å². The maximum Gasteiger partial charge on any atom is 0.120 e. The summed E-state index contributed by atoms with van der Waals surface area (Å²) in [5, 5.41) is 0. The summed E-state index contributed by atoms with van der Waals surface area (Å²) in [5.74, 6) is 0. The van der Waals surface area contributed by atoms with Crippen molar-refractivity contribution in [3.8, 4) is 0 Å². The van der Waals surface area contributed by atoms with E-state index in [4.69, 9.17) is 0 Å². The van der Waals surface area contributed by atoms with Gasteiger partial charge in [-0.1, -0.05) is 6.42 Å². The van der Waals surface area contributed by atoms with Crippen LogP contribution in [0.2, 0.25) is 0 Å². The summed E-state index contributed by atoms with van der Waals surface area (Å²) in [6.45, 7) is 0. The minimum atomic E-state index is 0.519. The van der Waals surface area contributed by atoms with E-state index < -0.39 is 0 Å². The maximum atomic E-state index is 4.60. The Kier molecular flexibility index (Phi) is 2.04. The van der Waals surface area contributed by atoms with Crippen molar-refractivity contribution in [3.05, 3.63) is 26.4 Å². The number of aryl methyl sites for hydroxylation is 1. The Morgan fingerprint density at radius 1 is 1.21 bits per heavy atom. The second-order valence-electron chi connectivity index (χ2n) is 4.39. The fourth-order valence-electron chi connectivity index (χ4n) is 2.77. The molecule has 1 saturated carbocycles. The third-order valence-electron chi connectivity index (χ3n) is 3.73. The highest BCUT2D eigenvalue weighted by atomic mass is 79.9. The van der Waals surface area contributed by atoms with Crippen molar-refractivity contribution in [2.45, 2.75) is 37.5 Å². The minimum absolute atomic E-state index is 0.519. The SMILES string of the molecule is Brc1cc2c(nc1Br)CCC21CCC1. The Morgan fingerprint density at radius 2 is 2.00 bits per heavy atom. The zero-order valence-corrected chi connectivity index (χ0v) is 11.0. The standard InChI is InChI=1S/C11H11Br2N/c12-8-6-7-9(14-10(8)13)2-5-11(7)3-1-4-11/h6H,1-5H2. The first-order chi connectivity index (χ1) is 6.71. The van der Waals surface area contributed by atoms with Gasteiger partial charge in [0, 0.05) is 5.69 Å². The van der Waals surface area contributed by atoms with E-state index in [1.54, 1.807) is 0 Å². The van der Waals surface area contributed by atoms with Gasteiger partial charge in [0.1, 0.15) is 4.60 Å². The molecule has 1 heterocycles. The van der Waals surface area contributed by atoms with Crippen LogP contribution in [0.3, 0.4) is 0 Å². The van der Waals surface area contributed by atoms with Crippen LogP contribution < -0.4 is 0 Å². The van der Waals surface area contributed by atoms with Crippen molar-refractivity contribution in [3.63, 3.8) is 0 Å². The number of rotatable bonds is 0. The van der Waals surface area contributed by atoms with Gasteiger partial charge in [0.2, 0.25) is 0 Å². The van der Waals surface area contributed by atoms with E-state index in [9.17, 15) is 0 Å². The molecular weight excluding hydrogens is 306 g/mol. The van der Waals surface area contributed by atoms with Crippen molar-refractivity contribution < 1.29 is 0 Å². The van der Waals surface area contributed by atoms with Crippen LogP contribution in [-0.2, 0) is 11.8 Å². The number of nitrogens with zero attached hydrogens (tertiary/aromatic N) is 1. The highest BCUT2D eigenvalue weighted by molar-refractivity contribution is 9.13. The predicted octanol–water partition coefficient (Wildman–Crippen LogP) is 3.97. The monoisotopic (exact) mass is 315 g/mol.